The van der Waals surface area contributed by atoms with Gasteiger partial charge in [0, 0.05) is 18.2 Å². The Morgan fingerprint density at radius 2 is 1.62 bits per heavy atom. The summed E-state index contributed by atoms with van der Waals surface area (Å²) >= 11 is 0. The molecule has 0 radical (unpaired) electrons. The van der Waals surface area contributed by atoms with Gasteiger partial charge in [-0.3, -0.25) is 20.2 Å². The molecule has 0 aromatic heterocycles. The molecular formula is C14H7F3N2O7. The Bertz CT molecular complexity index is 912. The summed E-state index contributed by atoms with van der Waals surface area (Å²) in [5.74, 6) is -2.58. The summed E-state index contributed by atoms with van der Waals surface area (Å²) in [6, 6.07) is 4.01. The third-order valence-corrected chi connectivity index (χ3v) is 3.11. The Morgan fingerprint density at radius 3 is 2.12 bits per heavy atom. The molecule has 2 aromatic rings. The van der Waals surface area contributed by atoms with Crippen molar-refractivity contribution < 1.29 is 37.7 Å². The summed E-state index contributed by atoms with van der Waals surface area (Å²) in [7, 11) is 0. The summed E-state index contributed by atoms with van der Waals surface area (Å²) in [4.78, 5) is 30.8. The number of rotatable bonds is 5. The molecule has 12 heteroatoms. The predicted octanol–water partition coefficient (Wildman–Crippen LogP) is 4.01. The molecule has 2 aromatic carbocycles. The number of nitro benzene ring substituents is 2. The first kappa shape index (κ1) is 18.6. The fourth-order valence-electron chi connectivity index (χ4n) is 1.96. The van der Waals surface area contributed by atoms with E-state index in [0.717, 1.165) is 18.2 Å². The van der Waals surface area contributed by atoms with Crippen LogP contribution in [0.25, 0.3) is 0 Å². The van der Waals surface area contributed by atoms with Crippen molar-refractivity contribution in [2.75, 3.05) is 0 Å². The highest BCUT2D eigenvalue weighted by atomic mass is 19.4. The highest BCUT2D eigenvalue weighted by Crippen LogP contribution is 2.38. The minimum absolute atomic E-state index is 0.263. The van der Waals surface area contributed by atoms with E-state index in [1.165, 1.54) is 0 Å². The van der Waals surface area contributed by atoms with Crippen LogP contribution in [0.15, 0.2) is 36.4 Å². The summed E-state index contributed by atoms with van der Waals surface area (Å²) in [6.07, 6.45) is -4.81. The maximum absolute atomic E-state index is 12.7. The molecule has 0 aliphatic rings. The summed E-state index contributed by atoms with van der Waals surface area (Å²) in [6.45, 7) is 0. The second kappa shape index (κ2) is 6.66. The molecule has 0 fully saturated rings. The lowest BCUT2D eigenvalue weighted by Crippen LogP contribution is -2.06. The van der Waals surface area contributed by atoms with Crippen molar-refractivity contribution in [1.29, 1.82) is 0 Å². The van der Waals surface area contributed by atoms with E-state index in [1.54, 1.807) is 0 Å². The highest BCUT2D eigenvalue weighted by molar-refractivity contribution is 5.92. The number of ether oxygens (including phenoxy) is 1. The van der Waals surface area contributed by atoms with Crippen LogP contribution >= 0.6 is 0 Å². The molecule has 0 unspecified atom stereocenters. The zero-order valence-corrected chi connectivity index (χ0v) is 12.4. The van der Waals surface area contributed by atoms with Gasteiger partial charge in [-0.2, -0.15) is 13.2 Å². The minimum Gasteiger partial charge on any atom is -0.477 e. The number of carboxylic acids is 1. The Balaban J connectivity index is 2.48. The quantitative estimate of drug-likeness (QED) is 0.619. The molecule has 1 N–H and O–H groups in total. The van der Waals surface area contributed by atoms with Gasteiger partial charge in [-0.1, -0.05) is 0 Å². The topological polar surface area (TPSA) is 133 Å². The average molecular weight is 372 g/mol. The Hall–Kier alpha value is -3.70. The van der Waals surface area contributed by atoms with Crippen molar-refractivity contribution in [3.63, 3.8) is 0 Å². The molecule has 0 amide bonds. The second-order valence-corrected chi connectivity index (χ2v) is 4.78. The number of alkyl halides is 3. The number of halogens is 3. The molecule has 0 bridgehead atoms. The smallest absolute Gasteiger partial charge is 0.416 e. The van der Waals surface area contributed by atoms with Gasteiger partial charge in [0.15, 0.2) is 0 Å². The van der Waals surface area contributed by atoms with Gasteiger partial charge in [0.05, 0.1) is 15.4 Å². The monoisotopic (exact) mass is 372 g/mol. The van der Waals surface area contributed by atoms with E-state index in [9.17, 15) is 38.2 Å². The van der Waals surface area contributed by atoms with Crippen molar-refractivity contribution in [2.45, 2.75) is 6.18 Å². The van der Waals surface area contributed by atoms with Gasteiger partial charge in [-0.15, -0.1) is 0 Å². The van der Waals surface area contributed by atoms with Crippen molar-refractivity contribution in [1.82, 2.24) is 0 Å². The van der Waals surface area contributed by atoms with Crippen molar-refractivity contribution >= 4 is 17.3 Å². The lowest BCUT2D eigenvalue weighted by atomic mass is 10.1. The molecule has 0 aliphatic carbocycles. The lowest BCUT2D eigenvalue weighted by molar-refractivity contribution is -0.385. The first-order valence-corrected chi connectivity index (χ1v) is 6.56. The zero-order valence-electron chi connectivity index (χ0n) is 12.4. The van der Waals surface area contributed by atoms with Crippen LogP contribution in [0.3, 0.4) is 0 Å². The van der Waals surface area contributed by atoms with Gasteiger partial charge in [0.2, 0.25) is 5.75 Å². The number of aromatic carboxylic acids is 1. The van der Waals surface area contributed by atoms with Gasteiger partial charge >= 0.3 is 17.8 Å². The lowest BCUT2D eigenvalue weighted by Gasteiger charge is -2.10. The predicted molar refractivity (Wildman–Crippen MR) is 78.2 cm³/mol. The second-order valence-electron chi connectivity index (χ2n) is 4.78. The van der Waals surface area contributed by atoms with E-state index in [0.29, 0.717) is 12.1 Å². The number of hydrogen-bond acceptors (Lipinski definition) is 6. The Labute approximate surface area is 141 Å². The van der Waals surface area contributed by atoms with Crippen LogP contribution in [0.4, 0.5) is 24.5 Å². The van der Waals surface area contributed by atoms with E-state index in [-0.39, 0.29) is 11.8 Å². The van der Waals surface area contributed by atoms with Crippen LogP contribution < -0.4 is 4.74 Å². The largest absolute Gasteiger partial charge is 0.477 e. The first-order valence-electron chi connectivity index (χ1n) is 6.56. The zero-order chi connectivity index (χ0) is 19.6. The van der Waals surface area contributed by atoms with Gasteiger partial charge in [0.1, 0.15) is 11.3 Å². The normalized spacial score (nSPS) is 11.0. The fourth-order valence-corrected chi connectivity index (χ4v) is 1.96. The van der Waals surface area contributed by atoms with Crippen LogP contribution in [-0.2, 0) is 6.18 Å². The standard InChI is InChI=1S/C14H7F3N2O7/c15-14(16,17)7-1-4-12(11(5-7)19(24)25)26-8-2-3-10(18(22)23)9(6-8)13(20)21/h1-6H,(H,20,21). The third kappa shape index (κ3) is 3.85. The van der Waals surface area contributed by atoms with Gasteiger partial charge in [0.25, 0.3) is 5.69 Å². The van der Waals surface area contributed by atoms with Gasteiger partial charge < -0.3 is 9.84 Å². The molecular weight excluding hydrogens is 365 g/mol. The number of nitrogens with zero attached hydrogens (tertiary/aromatic N) is 2. The minimum atomic E-state index is -4.81. The fraction of sp³-hybridized carbons (Fsp3) is 0.0714. The maximum atomic E-state index is 12.7. The van der Waals surface area contributed by atoms with E-state index < -0.39 is 50.2 Å². The average Bonchev–Trinajstić information content (AvgIpc) is 2.53. The van der Waals surface area contributed by atoms with E-state index in [1.807, 2.05) is 0 Å². The van der Waals surface area contributed by atoms with E-state index >= 15 is 0 Å². The van der Waals surface area contributed by atoms with Gasteiger partial charge in [-0.25, -0.2) is 4.79 Å². The molecule has 0 atom stereocenters. The summed E-state index contributed by atoms with van der Waals surface area (Å²) in [5.41, 5.74) is -3.77. The van der Waals surface area contributed by atoms with Crippen molar-refractivity contribution in [2.24, 2.45) is 0 Å². The number of nitro groups is 2. The first-order chi connectivity index (χ1) is 12.0. The SMILES string of the molecule is O=C(O)c1cc(Oc2ccc(C(F)(F)F)cc2[N+](=O)[O-])ccc1[N+](=O)[O-]. The third-order valence-electron chi connectivity index (χ3n) is 3.11. The van der Waals surface area contributed by atoms with Crippen LogP contribution in [0.2, 0.25) is 0 Å². The highest BCUT2D eigenvalue weighted by Gasteiger charge is 2.33. The molecule has 26 heavy (non-hydrogen) atoms. The molecule has 0 aliphatic heterocycles. The number of carboxylic acid groups (broad SMARTS) is 1. The summed E-state index contributed by atoms with van der Waals surface area (Å²) in [5, 5.41) is 30.7. The maximum Gasteiger partial charge on any atom is 0.416 e. The Kier molecular flexibility index (Phi) is 4.77. The molecule has 0 heterocycles. The van der Waals surface area contributed by atoms with Crippen molar-refractivity contribution in [3.05, 3.63) is 67.8 Å². The molecule has 0 saturated carbocycles. The van der Waals surface area contributed by atoms with E-state index in [4.69, 9.17) is 9.84 Å². The van der Waals surface area contributed by atoms with Gasteiger partial charge in [-0.05, 0) is 18.2 Å². The van der Waals surface area contributed by atoms with Crippen LogP contribution in [0.5, 0.6) is 11.5 Å². The molecule has 136 valence electrons. The molecule has 2 rings (SSSR count). The number of hydrogen-bond donors (Lipinski definition) is 1. The van der Waals surface area contributed by atoms with Crippen LogP contribution in [-0.4, -0.2) is 20.9 Å². The summed E-state index contributed by atoms with van der Waals surface area (Å²) < 4.78 is 43.0. The molecule has 9 nitrogen and oxygen atoms in total. The van der Waals surface area contributed by atoms with E-state index in [2.05, 4.69) is 0 Å². The number of benzene rings is 2. The molecule has 0 saturated heterocycles. The molecule has 0 spiro atoms. The Morgan fingerprint density at radius 1 is 1.00 bits per heavy atom. The van der Waals surface area contributed by atoms with Crippen LogP contribution in [0.1, 0.15) is 15.9 Å². The number of carbonyl (C=O) groups is 1. The van der Waals surface area contributed by atoms with Crippen LogP contribution in [0, 0.1) is 20.2 Å². The van der Waals surface area contributed by atoms with Crippen molar-refractivity contribution in [3.8, 4) is 11.5 Å².